The van der Waals surface area contributed by atoms with E-state index in [4.69, 9.17) is 0 Å². The maximum absolute atomic E-state index is 3.45. The summed E-state index contributed by atoms with van der Waals surface area (Å²) in [5, 5.41) is 4.81. The highest BCUT2D eigenvalue weighted by molar-refractivity contribution is 5.80. The Morgan fingerprint density at radius 1 is 1.11 bits per heavy atom. The van der Waals surface area contributed by atoms with Gasteiger partial charge in [-0.25, -0.2) is 0 Å². The Morgan fingerprint density at radius 2 is 2.00 bits per heavy atom. The summed E-state index contributed by atoms with van der Waals surface area (Å²) in [4.78, 5) is 0. The van der Waals surface area contributed by atoms with E-state index in [1.165, 1.54) is 35.7 Å². The Labute approximate surface area is 110 Å². The van der Waals surface area contributed by atoms with Crippen LogP contribution in [0.3, 0.4) is 0 Å². The van der Waals surface area contributed by atoms with Crippen LogP contribution in [-0.4, -0.2) is 17.7 Å². The van der Waals surface area contributed by atoms with Gasteiger partial charge >= 0.3 is 0 Å². The number of fused-ring (bicyclic) bond motifs is 1. The molecule has 0 fully saturated rings. The molecule has 0 radical (unpaired) electrons. The molecule has 0 saturated carbocycles. The number of nitrogens with one attached hydrogen (secondary N) is 1. The largest absolute Gasteiger partial charge is 0.347 e. The molecule has 98 valence electrons. The summed E-state index contributed by atoms with van der Waals surface area (Å²) < 4.78 is 2.37. The second-order valence-electron chi connectivity index (χ2n) is 5.03. The van der Waals surface area contributed by atoms with Crippen LogP contribution in [0.1, 0.15) is 31.7 Å². The van der Waals surface area contributed by atoms with E-state index in [1.54, 1.807) is 0 Å². The standard InChI is InChI=1S/C16H24N2/c1-3-9-17-10-4-5-11-18-12-8-15-13-14(2)6-7-16(15)18/h6-8,12-13,17H,3-5,9-11H2,1-2H3. The highest BCUT2D eigenvalue weighted by Crippen LogP contribution is 2.17. The van der Waals surface area contributed by atoms with Crippen molar-refractivity contribution in [3.63, 3.8) is 0 Å². The number of rotatable bonds is 7. The number of benzene rings is 1. The topological polar surface area (TPSA) is 17.0 Å². The first-order valence-electron chi connectivity index (χ1n) is 7.07. The van der Waals surface area contributed by atoms with Crippen molar-refractivity contribution in [2.75, 3.05) is 13.1 Å². The lowest BCUT2D eigenvalue weighted by Crippen LogP contribution is -2.16. The Balaban J connectivity index is 1.84. The monoisotopic (exact) mass is 244 g/mol. The van der Waals surface area contributed by atoms with Crippen LogP contribution in [0, 0.1) is 6.92 Å². The Morgan fingerprint density at radius 3 is 2.83 bits per heavy atom. The molecular formula is C16H24N2. The number of hydrogen-bond acceptors (Lipinski definition) is 1. The van der Waals surface area contributed by atoms with Gasteiger partial charge in [0.25, 0.3) is 0 Å². The second kappa shape index (κ2) is 6.60. The van der Waals surface area contributed by atoms with Crippen molar-refractivity contribution >= 4 is 10.9 Å². The van der Waals surface area contributed by atoms with Gasteiger partial charge in [0.15, 0.2) is 0 Å². The average molecular weight is 244 g/mol. The van der Waals surface area contributed by atoms with Gasteiger partial charge < -0.3 is 9.88 Å². The lowest BCUT2D eigenvalue weighted by molar-refractivity contribution is 0.575. The van der Waals surface area contributed by atoms with E-state index >= 15 is 0 Å². The minimum atomic E-state index is 1.13. The predicted molar refractivity (Wildman–Crippen MR) is 79.1 cm³/mol. The molecule has 2 aromatic rings. The maximum Gasteiger partial charge on any atom is 0.0480 e. The van der Waals surface area contributed by atoms with Crippen molar-refractivity contribution in [1.82, 2.24) is 9.88 Å². The highest BCUT2D eigenvalue weighted by Gasteiger charge is 2.00. The molecule has 0 aliphatic rings. The molecular weight excluding hydrogens is 220 g/mol. The molecule has 0 amide bonds. The molecule has 0 unspecified atom stereocenters. The smallest absolute Gasteiger partial charge is 0.0480 e. The van der Waals surface area contributed by atoms with Crippen molar-refractivity contribution in [2.24, 2.45) is 0 Å². The van der Waals surface area contributed by atoms with Gasteiger partial charge in [-0.3, -0.25) is 0 Å². The molecule has 0 bridgehead atoms. The summed E-state index contributed by atoms with van der Waals surface area (Å²) in [6.45, 7) is 7.77. The predicted octanol–water partition coefficient (Wildman–Crippen LogP) is 3.73. The van der Waals surface area contributed by atoms with Crippen molar-refractivity contribution in [2.45, 2.75) is 39.7 Å². The Bertz CT molecular complexity index is 485. The van der Waals surface area contributed by atoms with Crippen molar-refractivity contribution in [3.05, 3.63) is 36.0 Å². The minimum absolute atomic E-state index is 1.13. The first-order valence-corrected chi connectivity index (χ1v) is 7.07. The summed E-state index contributed by atoms with van der Waals surface area (Å²) in [6.07, 6.45) is 5.94. The maximum atomic E-state index is 3.45. The number of nitrogens with zero attached hydrogens (tertiary/aromatic N) is 1. The van der Waals surface area contributed by atoms with Gasteiger partial charge in [-0.05, 0) is 62.9 Å². The molecule has 2 heteroatoms. The van der Waals surface area contributed by atoms with Gasteiger partial charge in [0.05, 0.1) is 0 Å². The zero-order valence-corrected chi connectivity index (χ0v) is 11.6. The Hall–Kier alpha value is -1.28. The van der Waals surface area contributed by atoms with E-state index in [0.717, 1.165) is 19.6 Å². The third-order valence-electron chi connectivity index (χ3n) is 3.36. The van der Waals surface area contributed by atoms with Gasteiger partial charge in [0, 0.05) is 18.3 Å². The quantitative estimate of drug-likeness (QED) is 0.734. The number of hydrogen-bond donors (Lipinski definition) is 1. The van der Waals surface area contributed by atoms with Crippen LogP contribution in [0.5, 0.6) is 0 Å². The van der Waals surface area contributed by atoms with Crippen molar-refractivity contribution < 1.29 is 0 Å². The lowest BCUT2D eigenvalue weighted by atomic mass is 10.2. The molecule has 2 rings (SSSR count). The van der Waals surface area contributed by atoms with E-state index in [-0.39, 0.29) is 0 Å². The van der Waals surface area contributed by atoms with Gasteiger partial charge in [-0.15, -0.1) is 0 Å². The summed E-state index contributed by atoms with van der Waals surface area (Å²) in [5.41, 5.74) is 2.70. The lowest BCUT2D eigenvalue weighted by Gasteiger charge is -2.06. The van der Waals surface area contributed by atoms with Crippen LogP contribution in [-0.2, 0) is 6.54 Å². The first-order chi connectivity index (χ1) is 8.81. The van der Waals surface area contributed by atoms with Crippen molar-refractivity contribution in [1.29, 1.82) is 0 Å². The fourth-order valence-corrected chi connectivity index (χ4v) is 2.35. The van der Waals surface area contributed by atoms with Crippen LogP contribution in [0.15, 0.2) is 30.5 Å². The van der Waals surface area contributed by atoms with Gasteiger partial charge in [0.2, 0.25) is 0 Å². The molecule has 0 aliphatic carbocycles. The summed E-state index contributed by atoms with van der Waals surface area (Å²) in [6, 6.07) is 8.91. The molecule has 0 saturated heterocycles. The molecule has 1 N–H and O–H groups in total. The van der Waals surface area contributed by atoms with Gasteiger partial charge in [0.1, 0.15) is 0 Å². The second-order valence-corrected chi connectivity index (χ2v) is 5.03. The first kappa shape index (κ1) is 13.2. The highest BCUT2D eigenvalue weighted by atomic mass is 14.9. The average Bonchev–Trinajstić information content (AvgIpc) is 2.76. The normalized spacial score (nSPS) is 11.2. The number of aromatic nitrogens is 1. The molecule has 18 heavy (non-hydrogen) atoms. The van der Waals surface area contributed by atoms with Crippen molar-refractivity contribution in [3.8, 4) is 0 Å². The summed E-state index contributed by atoms with van der Waals surface area (Å²) in [7, 11) is 0. The molecule has 1 heterocycles. The third kappa shape index (κ3) is 3.36. The van der Waals surface area contributed by atoms with E-state index in [0.29, 0.717) is 0 Å². The zero-order chi connectivity index (χ0) is 12.8. The van der Waals surface area contributed by atoms with Crippen LogP contribution in [0.2, 0.25) is 0 Å². The molecule has 2 nitrogen and oxygen atoms in total. The Kier molecular flexibility index (Phi) is 4.82. The van der Waals surface area contributed by atoms with Crippen LogP contribution in [0.25, 0.3) is 10.9 Å². The van der Waals surface area contributed by atoms with Crippen LogP contribution in [0.4, 0.5) is 0 Å². The van der Waals surface area contributed by atoms with Crippen LogP contribution >= 0.6 is 0 Å². The van der Waals surface area contributed by atoms with Gasteiger partial charge in [-0.2, -0.15) is 0 Å². The van der Waals surface area contributed by atoms with E-state index in [2.05, 4.69) is 54.2 Å². The minimum Gasteiger partial charge on any atom is -0.347 e. The summed E-state index contributed by atoms with van der Waals surface area (Å²) in [5.74, 6) is 0. The molecule has 0 spiro atoms. The molecule has 1 aromatic heterocycles. The molecule has 0 aliphatic heterocycles. The van der Waals surface area contributed by atoms with E-state index in [1.807, 2.05) is 0 Å². The fourth-order valence-electron chi connectivity index (χ4n) is 2.35. The number of aryl methyl sites for hydroxylation is 2. The fraction of sp³-hybridized carbons (Fsp3) is 0.500. The zero-order valence-electron chi connectivity index (χ0n) is 11.6. The SMILES string of the molecule is CCCNCCCCn1ccc2cc(C)ccc21. The molecule has 1 aromatic carbocycles. The summed E-state index contributed by atoms with van der Waals surface area (Å²) >= 11 is 0. The van der Waals surface area contributed by atoms with Gasteiger partial charge in [-0.1, -0.05) is 18.6 Å². The molecule has 0 atom stereocenters. The third-order valence-corrected chi connectivity index (χ3v) is 3.36. The van der Waals surface area contributed by atoms with Crippen LogP contribution < -0.4 is 5.32 Å². The van der Waals surface area contributed by atoms with E-state index < -0.39 is 0 Å². The number of unbranched alkanes of at least 4 members (excludes halogenated alkanes) is 1. The van der Waals surface area contributed by atoms with E-state index in [9.17, 15) is 0 Å².